The highest BCUT2D eigenvalue weighted by atomic mass is 32.1. The molecular weight excluding hydrogens is 1770 g/mol. The maximum Gasteiger partial charge on any atom is 0.347 e. The first kappa shape index (κ1) is 150. The second-order valence-electron chi connectivity index (χ2n) is 58.6. The minimum absolute atomic E-state index is 0.000417. The summed E-state index contributed by atoms with van der Waals surface area (Å²) in [4.78, 5) is 72.6. The minimum atomic E-state index is -0.206. The maximum atomic E-state index is 11.2. The van der Waals surface area contributed by atoms with Crippen LogP contribution in [-0.4, -0.2) is 71.9 Å². The van der Waals surface area contributed by atoms with Crippen LogP contribution in [0.2, 0.25) is 0 Å². The van der Waals surface area contributed by atoms with Crippen LogP contribution in [-0.2, 0) is 92.7 Å². The first-order chi connectivity index (χ1) is 61.1. The summed E-state index contributed by atoms with van der Waals surface area (Å²) in [6.07, 6.45) is 21.7. The van der Waals surface area contributed by atoms with Crippen LogP contribution in [0.1, 0.15) is 465 Å². The number of hydrogen-bond acceptors (Lipinski definition) is 15. The van der Waals surface area contributed by atoms with Crippen molar-refractivity contribution in [3.63, 3.8) is 0 Å². The van der Waals surface area contributed by atoms with Crippen molar-refractivity contribution in [3.05, 3.63) is 217 Å². The lowest BCUT2D eigenvalue weighted by molar-refractivity contribution is 0.469. The van der Waals surface area contributed by atoms with Crippen LogP contribution in [0, 0.1) is 55.7 Å². The standard InChI is InChI=1S/C10H15NO.4C9H14N2O.2C8H14N2.C7H11NS.9C5H12.C4H5NS/c1-10(2,3)8-5-6-11(4)9(12)7-8;1-9(2,3)7-6-11(4)8(12)5-10-7;1-9(2,3)7-5-10-8(12)11(4)6-7;1-9(2,3)7-5-8(12)11(4)10-6-7;1-9(2,3)7-5-6-8(12)11(4)10-7;1-8(2,3)7-5-9-6-10(7)4;1-8(2,3)7-5-9-10(4)6-7;1-7(2,3)6-4-8-5-9-6;9*1-5(2,3)4;1-4-2-5-6-3-4/h5-7H,1-4H3;4*5-6H,1-4H3;2*5-6H,1-4H3;4-5H,1-3H3;9*1-4H3;2-3H,1H3. The van der Waals surface area contributed by atoms with Gasteiger partial charge in [0.1, 0.15) is 0 Å². The minimum Gasteiger partial charge on any atom is -0.337 e. The molecule has 0 amide bonds. The molecule has 20 nitrogen and oxygen atoms in total. The predicted octanol–water partition coefficient (Wildman–Crippen LogP) is 31.8. The van der Waals surface area contributed by atoms with Gasteiger partial charge in [0.25, 0.3) is 22.2 Å². The van der Waals surface area contributed by atoms with Crippen molar-refractivity contribution in [2.24, 2.45) is 98.1 Å². The number of pyridine rings is 1. The van der Waals surface area contributed by atoms with Crippen LogP contribution in [0.4, 0.5) is 0 Å². The topological polar surface area (TPSA) is 223 Å². The van der Waals surface area contributed by atoms with Gasteiger partial charge in [-0.05, 0) is 134 Å². The lowest BCUT2D eigenvalue weighted by atomic mass is 9.88. The third kappa shape index (κ3) is 114. The molecule has 0 bridgehead atoms. The molecule has 9 aromatic rings. The SMILES string of the molecule is CC(C)(C)C.CC(C)(C)C.CC(C)(C)C.CC(C)(C)C.CC(C)(C)C.CC(C)(C)C.CC(C)(C)C.CC(C)(C)C.CC(C)(C)C.CC(C)(C)c1cncs1.Cc1cnsc1.Cn1cc(C(C)(C)C)cn1.Cn1cc(C(C)(C)C)cnc1=O.Cn1cc(C(C)(C)C)ncc1=O.Cn1ccc(C(C)(C)C)cc1=O.Cn1cncc1C(C)(C)C.Cn1nc(C(C)(C)C)ccc1=O.Cn1ncc(C(C)(C)C)cc1=O. The number of nitrogens with zero attached hydrogens (tertiary/aromatic N) is 15. The van der Waals surface area contributed by atoms with Gasteiger partial charge in [0.05, 0.1) is 41.8 Å². The molecule has 0 spiro atoms. The van der Waals surface area contributed by atoms with E-state index in [-0.39, 0.29) is 71.2 Å². The smallest absolute Gasteiger partial charge is 0.337 e. The molecule has 140 heavy (non-hydrogen) atoms. The molecule has 0 saturated heterocycles. The van der Waals surface area contributed by atoms with Crippen molar-refractivity contribution in [2.75, 3.05) is 0 Å². The normalized spacial score (nSPS) is 11.7. The van der Waals surface area contributed by atoms with Crippen LogP contribution >= 0.6 is 22.9 Å². The van der Waals surface area contributed by atoms with E-state index in [4.69, 9.17) is 0 Å². The first-order valence-corrected chi connectivity index (χ1v) is 51.3. The van der Waals surface area contributed by atoms with Gasteiger partial charge in [-0.1, -0.05) is 415 Å². The van der Waals surface area contributed by atoms with Gasteiger partial charge >= 0.3 is 5.69 Å². The van der Waals surface area contributed by atoms with E-state index in [0.29, 0.717) is 48.7 Å². The van der Waals surface area contributed by atoms with Crippen LogP contribution in [0.5, 0.6) is 0 Å². The molecule has 812 valence electrons. The molecule has 0 N–H and O–H groups in total. The molecule has 0 aliphatic carbocycles. The Labute approximate surface area is 870 Å². The van der Waals surface area contributed by atoms with Crippen molar-refractivity contribution >= 4 is 22.9 Å². The summed E-state index contributed by atoms with van der Waals surface area (Å²) in [5.74, 6) is 0. The average Bonchev–Trinajstić information content (AvgIpc) is 1.20. The summed E-state index contributed by atoms with van der Waals surface area (Å²) in [5, 5.41) is 14.2. The molecule has 0 saturated carbocycles. The Kier molecular flexibility index (Phi) is 68.6. The second-order valence-corrected chi connectivity index (χ2v) is 60.1. The molecule has 0 atom stereocenters. The van der Waals surface area contributed by atoms with E-state index in [0.717, 1.165) is 28.1 Å². The van der Waals surface area contributed by atoms with E-state index < -0.39 is 0 Å². The third-order valence-electron chi connectivity index (χ3n) is 14.0. The van der Waals surface area contributed by atoms with Crippen LogP contribution < -0.4 is 27.9 Å². The monoisotopic (exact) mass is 1990 g/mol. The van der Waals surface area contributed by atoms with E-state index in [9.17, 15) is 24.0 Å². The summed E-state index contributed by atoms with van der Waals surface area (Å²) in [7, 11) is 12.5. The fourth-order valence-corrected chi connectivity index (χ4v) is 8.54. The van der Waals surface area contributed by atoms with Crippen molar-refractivity contribution in [2.45, 2.75) is 466 Å². The number of aromatic nitrogens is 15. The number of hydrogen-bond donors (Lipinski definition) is 0. The van der Waals surface area contributed by atoms with Crippen LogP contribution in [0.15, 0.2) is 140 Å². The van der Waals surface area contributed by atoms with Crippen molar-refractivity contribution in [1.82, 2.24) is 71.9 Å². The Morgan fingerprint density at radius 2 is 0.643 bits per heavy atom. The maximum absolute atomic E-state index is 11.2. The highest BCUT2D eigenvalue weighted by Crippen LogP contribution is 2.27. The van der Waals surface area contributed by atoms with Crippen molar-refractivity contribution in [3.8, 4) is 0 Å². The molecule has 0 aromatic carbocycles. The summed E-state index contributed by atoms with van der Waals surface area (Å²) < 4.78 is 15.1. The Bertz CT molecular complexity index is 4540. The molecule has 9 aromatic heterocycles. The highest BCUT2D eigenvalue weighted by molar-refractivity contribution is 7.09. The molecule has 0 aliphatic heterocycles. The molecular formula is C118H223N15O5S2. The first-order valence-electron chi connectivity index (χ1n) is 49.6. The van der Waals surface area contributed by atoms with Gasteiger partial charge < -0.3 is 18.3 Å². The van der Waals surface area contributed by atoms with E-state index >= 15 is 0 Å². The van der Waals surface area contributed by atoms with Gasteiger partial charge in [-0.15, -0.1) is 11.3 Å². The highest BCUT2D eigenvalue weighted by Gasteiger charge is 2.22. The quantitative estimate of drug-likeness (QED) is 0.138. The zero-order valence-corrected chi connectivity index (χ0v) is 106. The fraction of sp³-hybridized carbons (Fsp3) is 0.720. The molecule has 0 radical (unpaired) electrons. The molecule has 0 aliphatic rings. The molecule has 9 rings (SSSR count). The lowest BCUT2D eigenvalue weighted by Crippen LogP contribution is -2.24. The number of rotatable bonds is 0. The van der Waals surface area contributed by atoms with Gasteiger partial charge in [0, 0.05) is 149 Å². The van der Waals surface area contributed by atoms with Crippen LogP contribution in [0.25, 0.3) is 0 Å². The summed E-state index contributed by atoms with van der Waals surface area (Å²) in [6, 6.07) is 8.64. The zero-order chi connectivity index (χ0) is 114. The van der Waals surface area contributed by atoms with Crippen molar-refractivity contribution in [1.29, 1.82) is 0 Å². The number of imidazole rings is 1. The van der Waals surface area contributed by atoms with Gasteiger partial charge in [0.2, 0.25) is 0 Å². The summed E-state index contributed by atoms with van der Waals surface area (Å²) in [5.41, 5.74) is 15.7. The summed E-state index contributed by atoms with van der Waals surface area (Å²) >= 11 is 3.21. The van der Waals surface area contributed by atoms with E-state index in [2.05, 4.69) is 466 Å². The summed E-state index contributed by atoms with van der Waals surface area (Å²) in [6.45, 7) is 132. The van der Waals surface area contributed by atoms with E-state index in [1.165, 1.54) is 53.4 Å². The van der Waals surface area contributed by atoms with Crippen molar-refractivity contribution < 1.29 is 0 Å². The Morgan fingerprint density at radius 1 is 0.279 bits per heavy atom. The van der Waals surface area contributed by atoms with Gasteiger partial charge in [-0.2, -0.15) is 15.3 Å². The molecule has 0 unspecified atom stereocenters. The van der Waals surface area contributed by atoms with Gasteiger partial charge in [-0.25, -0.2) is 28.5 Å². The van der Waals surface area contributed by atoms with E-state index in [1.807, 2.05) is 86.2 Å². The molecule has 0 fully saturated rings. The average molecular weight is 2000 g/mol. The third-order valence-corrected chi connectivity index (χ3v) is 15.9. The van der Waals surface area contributed by atoms with E-state index in [1.54, 1.807) is 98.6 Å². The fourth-order valence-electron chi connectivity index (χ4n) is 7.31. The second kappa shape index (κ2) is 64.1. The van der Waals surface area contributed by atoms with Gasteiger partial charge in [0.15, 0.2) is 0 Å². The Morgan fingerprint density at radius 3 is 0.871 bits per heavy atom. The number of thiazole rings is 1. The lowest BCUT2D eigenvalue weighted by Gasteiger charge is -2.18. The van der Waals surface area contributed by atoms with Crippen LogP contribution in [0.3, 0.4) is 0 Å². The molecule has 22 heteroatoms. The largest absolute Gasteiger partial charge is 0.347 e. The molecule has 9 heterocycles. The Hall–Kier alpha value is -7.85. The zero-order valence-electron chi connectivity index (χ0n) is 104. The van der Waals surface area contributed by atoms with Gasteiger partial charge in [-0.3, -0.25) is 33.8 Å². The Balaban J connectivity index is -0.000000188. The predicted molar refractivity (Wildman–Crippen MR) is 621 cm³/mol. The number of aryl methyl sites for hydroxylation is 8.